The third-order valence-corrected chi connectivity index (χ3v) is 4.16. The molecule has 0 unspecified atom stereocenters. The predicted molar refractivity (Wildman–Crippen MR) is 103 cm³/mol. The van der Waals surface area contributed by atoms with E-state index >= 15 is 0 Å². The second-order valence-corrected chi connectivity index (χ2v) is 6.48. The van der Waals surface area contributed by atoms with Gasteiger partial charge >= 0.3 is 0 Å². The van der Waals surface area contributed by atoms with Gasteiger partial charge in [0.05, 0.1) is 17.4 Å². The van der Waals surface area contributed by atoms with Crippen molar-refractivity contribution in [1.82, 2.24) is 0 Å². The summed E-state index contributed by atoms with van der Waals surface area (Å²) >= 11 is 0. The highest BCUT2D eigenvalue weighted by atomic mass is 16.5. The lowest BCUT2D eigenvalue weighted by molar-refractivity contribution is -0.605. The van der Waals surface area contributed by atoms with E-state index in [0.29, 0.717) is 38.3 Å². The average molecular weight is 362 g/mol. The van der Waals surface area contributed by atoms with Gasteiger partial charge in [-0.3, -0.25) is 4.79 Å². The number of nitrogens with zero attached hydrogens (tertiary/aromatic N) is 1. The standard InChI is InChI=1S/C21H18N2O4/c1-13(2)26-18-8-7-16(21(24)22-14-9-11-23(25)12-10-14)19-15-5-3-4-6-17(15)27-20(18)19/h3-13H,1-2H3,(H,22,24). The van der Waals surface area contributed by atoms with Crippen molar-refractivity contribution in [3.8, 4) is 5.75 Å². The van der Waals surface area contributed by atoms with Crippen molar-refractivity contribution < 1.29 is 18.7 Å². The van der Waals surface area contributed by atoms with Crippen LogP contribution in [0.1, 0.15) is 24.2 Å². The number of carbonyl (C=O) groups is 1. The molecule has 6 nitrogen and oxygen atoms in total. The molecule has 6 heteroatoms. The van der Waals surface area contributed by atoms with E-state index in [1.807, 2.05) is 38.1 Å². The molecule has 0 saturated carbocycles. The summed E-state index contributed by atoms with van der Waals surface area (Å²) in [6, 6.07) is 14.1. The van der Waals surface area contributed by atoms with Crippen molar-refractivity contribution in [3.05, 3.63) is 71.7 Å². The van der Waals surface area contributed by atoms with Crippen molar-refractivity contribution in [2.75, 3.05) is 5.32 Å². The highest BCUT2D eigenvalue weighted by Crippen LogP contribution is 2.37. The number of pyridine rings is 1. The molecule has 1 amide bonds. The van der Waals surface area contributed by atoms with Crippen molar-refractivity contribution in [2.45, 2.75) is 20.0 Å². The van der Waals surface area contributed by atoms with Crippen LogP contribution < -0.4 is 14.8 Å². The Morgan fingerprint density at radius 1 is 1.11 bits per heavy atom. The van der Waals surface area contributed by atoms with Crippen LogP contribution in [0.3, 0.4) is 0 Å². The zero-order valence-electron chi connectivity index (χ0n) is 14.9. The van der Waals surface area contributed by atoms with Crippen LogP contribution in [-0.4, -0.2) is 12.0 Å². The molecular formula is C21H18N2O4. The second-order valence-electron chi connectivity index (χ2n) is 6.48. The predicted octanol–water partition coefficient (Wildman–Crippen LogP) is 4.26. The number of amides is 1. The van der Waals surface area contributed by atoms with Gasteiger partial charge in [-0.1, -0.05) is 18.2 Å². The fourth-order valence-corrected chi connectivity index (χ4v) is 3.03. The number of carbonyl (C=O) groups excluding carboxylic acids is 1. The quantitative estimate of drug-likeness (QED) is 0.435. The molecule has 1 N–H and O–H groups in total. The number of nitrogens with one attached hydrogen (secondary N) is 1. The first-order valence-corrected chi connectivity index (χ1v) is 8.64. The van der Waals surface area contributed by atoms with Crippen LogP contribution in [0.2, 0.25) is 0 Å². The Morgan fingerprint density at radius 3 is 2.59 bits per heavy atom. The van der Waals surface area contributed by atoms with Crippen LogP contribution in [-0.2, 0) is 0 Å². The molecule has 27 heavy (non-hydrogen) atoms. The first-order chi connectivity index (χ1) is 13.0. The molecule has 0 bridgehead atoms. The van der Waals surface area contributed by atoms with E-state index in [-0.39, 0.29) is 12.0 Å². The van der Waals surface area contributed by atoms with Gasteiger partial charge in [-0.2, -0.15) is 4.73 Å². The van der Waals surface area contributed by atoms with Gasteiger partial charge in [-0.05, 0) is 32.0 Å². The number of anilines is 1. The largest absolute Gasteiger partial charge is 0.619 e. The van der Waals surface area contributed by atoms with Gasteiger partial charge in [0.2, 0.25) is 0 Å². The number of hydrogen-bond acceptors (Lipinski definition) is 4. The maximum atomic E-state index is 12.9. The van der Waals surface area contributed by atoms with E-state index in [0.717, 1.165) is 5.39 Å². The summed E-state index contributed by atoms with van der Waals surface area (Å²) in [5.74, 6) is 0.311. The molecule has 0 saturated heterocycles. The molecule has 0 aliphatic carbocycles. The van der Waals surface area contributed by atoms with Gasteiger partial charge < -0.3 is 19.7 Å². The zero-order valence-corrected chi connectivity index (χ0v) is 14.9. The number of fused-ring (bicyclic) bond motifs is 3. The maximum Gasteiger partial charge on any atom is 0.256 e. The number of furan rings is 1. The van der Waals surface area contributed by atoms with E-state index < -0.39 is 0 Å². The van der Waals surface area contributed by atoms with Crippen LogP contribution in [0.4, 0.5) is 5.69 Å². The van der Waals surface area contributed by atoms with Crippen LogP contribution in [0.25, 0.3) is 21.9 Å². The summed E-state index contributed by atoms with van der Waals surface area (Å²) in [4.78, 5) is 12.9. The van der Waals surface area contributed by atoms with E-state index in [2.05, 4.69) is 5.32 Å². The van der Waals surface area contributed by atoms with Gasteiger partial charge in [0.15, 0.2) is 23.7 Å². The topological polar surface area (TPSA) is 78.4 Å². The fraction of sp³-hybridized carbons (Fsp3) is 0.143. The third kappa shape index (κ3) is 3.17. The Bertz CT molecular complexity index is 1130. The number of aromatic nitrogens is 1. The molecule has 0 fully saturated rings. The first-order valence-electron chi connectivity index (χ1n) is 8.64. The number of ether oxygens (including phenoxy) is 1. The van der Waals surface area contributed by atoms with E-state index in [1.54, 1.807) is 24.3 Å². The second kappa shape index (κ2) is 6.64. The van der Waals surface area contributed by atoms with Gasteiger partial charge in [0.25, 0.3) is 5.91 Å². The Hall–Kier alpha value is -3.54. The number of hydrogen-bond donors (Lipinski definition) is 1. The van der Waals surface area contributed by atoms with Gasteiger partial charge in [-0.25, -0.2) is 0 Å². The minimum absolute atomic E-state index is 0.0239. The average Bonchev–Trinajstić information content (AvgIpc) is 3.03. The van der Waals surface area contributed by atoms with Crippen LogP contribution in [0.15, 0.2) is 65.3 Å². The first kappa shape index (κ1) is 16.9. The minimum Gasteiger partial charge on any atom is -0.619 e. The van der Waals surface area contributed by atoms with Crippen molar-refractivity contribution in [1.29, 1.82) is 0 Å². The summed E-state index contributed by atoms with van der Waals surface area (Å²) in [5.41, 5.74) is 2.25. The Balaban J connectivity index is 1.84. The van der Waals surface area contributed by atoms with Crippen molar-refractivity contribution in [3.63, 3.8) is 0 Å². The number of benzene rings is 2. The van der Waals surface area contributed by atoms with E-state index in [4.69, 9.17) is 9.15 Å². The van der Waals surface area contributed by atoms with Crippen molar-refractivity contribution in [2.24, 2.45) is 0 Å². The molecule has 2 aromatic heterocycles. The van der Waals surface area contributed by atoms with Crippen molar-refractivity contribution >= 4 is 33.5 Å². The molecule has 0 atom stereocenters. The fourth-order valence-electron chi connectivity index (χ4n) is 3.03. The van der Waals surface area contributed by atoms with Crippen LogP contribution in [0, 0.1) is 5.21 Å². The molecule has 2 heterocycles. The molecule has 4 rings (SSSR count). The van der Waals surface area contributed by atoms with Gasteiger partial charge in [0, 0.05) is 22.9 Å². The SMILES string of the molecule is CC(C)Oc1ccc(C(=O)Nc2cc[n+]([O-])cc2)c2c1oc1ccccc12. The molecule has 0 aliphatic heterocycles. The van der Waals surface area contributed by atoms with Crippen LogP contribution >= 0.6 is 0 Å². The molecule has 0 radical (unpaired) electrons. The summed E-state index contributed by atoms with van der Waals surface area (Å²) < 4.78 is 12.5. The molecular weight excluding hydrogens is 344 g/mol. The van der Waals surface area contributed by atoms with E-state index in [1.165, 1.54) is 12.4 Å². The van der Waals surface area contributed by atoms with Gasteiger partial charge in [0.1, 0.15) is 5.58 Å². The Labute approximate surface area is 155 Å². The lowest BCUT2D eigenvalue weighted by atomic mass is 10.0. The lowest BCUT2D eigenvalue weighted by Gasteiger charge is -2.12. The Morgan fingerprint density at radius 2 is 1.85 bits per heavy atom. The number of rotatable bonds is 4. The smallest absolute Gasteiger partial charge is 0.256 e. The van der Waals surface area contributed by atoms with E-state index in [9.17, 15) is 10.0 Å². The lowest BCUT2D eigenvalue weighted by Crippen LogP contribution is -2.24. The van der Waals surface area contributed by atoms with Gasteiger partial charge in [-0.15, -0.1) is 0 Å². The van der Waals surface area contributed by atoms with Crippen LogP contribution in [0.5, 0.6) is 5.75 Å². The summed E-state index contributed by atoms with van der Waals surface area (Å²) in [6.07, 6.45) is 2.64. The minimum atomic E-state index is -0.286. The molecule has 0 aliphatic rings. The summed E-state index contributed by atoms with van der Waals surface area (Å²) in [6.45, 7) is 3.87. The Kier molecular flexibility index (Phi) is 4.16. The maximum absolute atomic E-state index is 12.9. The zero-order chi connectivity index (χ0) is 19.0. The molecule has 136 valence electrons. The third-order valence-electron chi connectivity index (χ3n) is 4.16. The summed E-state index contributed by atoms with van der Waals surface area (Å²) in [5, 5.41) is 15.5. The molecule has 0 spiro atoms. The highest BCUT2D eigenvalue weighted by molar-refractivity contribution is 6.20. The molecule has 2 aromatic carbocycles. The normalized spacial score (nSPS) is 11.2. The monoisotopic (exact) mass is 362 g/mol. The summed E-state index contributed by atoms with van der Waals surface area (Å²) in [7, 11) is 0. The highest BCUT2D eigenvalue weighted by Gasteiger charge is 2.20. The molecule has 4 aromatic rings. The number of para-hydroxylation sites is 1.